The summed E-state index contributed by atoms with van der Waals surface area (Å²) in [6, 6.07) is -0.938. The number of methoxy groups -OCH3 is 1. The van der Waals surface area contributed by atoms with Gasteiger partial charge in [0.05, 0.1) is 12.1 Å². The molecular weight excluding hydrogens is 294 g/mol. The summed E-state index contributed by atoms with van der Waals surface area (Å²) >= 11 is 0. The van der Waals surface area contributed by atoms with Gasteiger partial charge in [-0.15, -0.1) is 0 Å². The molecule has 0 unspecified atom stereocenters. The molecule has 1 aliphatic heterocycles. The molecule has 4 N–H and O–H groups in total. The normalized spacial score (nSPS) is 38.5. The number of carbonyl (C=O) groups excluding carboxylic acids is 1. The van der Waals surface area contributed by atoms with Crippen LogP contribution in [0, 0.1) is 0 Å². The van der Waals surface area contributed by atoms with Crippen molar-refractivity contribution in [2.45, 2.75) is 44.0 Å². The first-order valence-electron chi connectivity index (χ1n) is 5.84. The predicted molar refractivity (Wildman–Crippen MR) is 66.3 cm³/mol. The van der Waals surface area contributed by atoms with Gasteiger partial charge in [-0.05, 0) is 6.92 Å². The third-order valence-electron chi connectivity index (χ3n) is 3.13. The molecule has 1 heterocycles. The molecule has 118 valence electrons. The minimum atomic E-state index is -4.52. The molecule has 1 amide bonds. The highest BCUT2D eigenvalue weighted by atomic mass is 32.2. The average molecular weight is 313 g/mol. The van der Waals surface area contributed by atoms with Crippen LogP contribution in [0.4, 0.5) is 0 Å². The van der Waals surface area contributed by atoms with Crippen LogP contribution in [0.5, 0.6) is 0 Å². The topological polar surface area (TPSA) is 142 Å². The molecule has 1 aliphatic rings. The van der Waals surface area contributed by atoms with Gasteiger partial charge in [0, 0.05) is 14.0 Å². The molecule has 0 bridgehead atoms. The van der Waals surface area contributed by atoms with Gasteiger partial charge in [-0.2, -0.15) is 8.42 Å². The molecule has 0 radical (unpaired) electrons. The van der Waals surface area contributed by atoms with Gasteiger partial charge in [0.15, 0.2) is 0 Å². The van der Waals surface area contributed by atoms with Crippen LogP contribution in [0.25, 0.3) is 0 Å². The summed E-state index contributed by atoms with van der Waals surface area (Å²) < 4.78 is 41.1. The molecule has 0 spiro atoms. The SMILES string of the molecule is CO[C@@]1(CS(=O)(=O)O)O[C@@H](C)[C@H](NC(C)=O)[C@@H](O)[C@@H]1O. The highest BCUT2D eigenvalue weighted by Gasteiger charge is 2.55. The number of aliphatic hydroxyl groups is 2. The number of carbonyl (C=O) groups is 1. The average Bonchev–Trinajstić information content (AvgIpc) is 2.29. The Balaban J connectivity index is 3.06. The van der Waals surface area contributed by atoms with E-state index in [-0.39, 0.29) is 0 Å². The minimum absolute atomic E-state index is 0.448. The smallest absolute Gasteiger partial charge is 0.270 e. The molecular formula is C10H19NO8S. The largest absolute Gasteiger partial charge is 0.388 e. The van der Waals surface area contributed by atoms with Crippen LogP contribution in [0.1, 0.15) is 13.8 Å². The van der Waals surface area contributed by atoms with Gasteiger partial charge in [-0.25, -0.2) is 0 Å². The number of hydrogen-bond acceptors (Lipinski definition) is 7. The van der Waals surface area contributed by atoms with Crippen LogP contribution in [0.2, 0.25) is 0 Å². The van der Waals surface area contributed by atoms with E-state index < -0.39 is 51.9 Å². The summed E-state index contributed by atoms with van der Waals surface area (Å²) in [4.78, 5) is 11.0. The summed E-state index contributed by atoms with van der Waals surface area (Å²) in [6.07, 6.45) is -4.15. The number of rotatable bonds is 4. The van der Waals surface area contributed by atoms with Crippen LogP contribution in [0.15, 0.2) is 0 Å². The Morgan fingerprint density at radius 3 is 2.40 bits per heavy atom. The lowest BCUT2D eigenvalue weighted by Gasteiger charge is -2.48. The second kappa shape index (κ2) is 5.92. The van der Waals surface area contributed by atoms with Gasteiger partial charge < -0.3 is 25.0 Å². The molecule has 0 aromatic heterocycles. The van der Waals surface area contributed by atoms with Crippen LogP contribution < -0.4 is 5.32 Å². The number of hydrogen-bond donors (Lipinski definition) is 4. The van der Waals surface area contributed by atoms with Gasteiger partial charge >= 0.3 is 0 Å². The van der Waals surface area contributed by atoms with Crippen LogP contribution >= 0.6 is 0 Å². The van der Waals surface area contributed by atoms with E-state index >= 15 is 0 Å². The second-order valence-electron chi connectivity index (χ2n) is 4.73. The zero-order valence-corrected chi connectivity index (χ0v) is 12.1. The van der Waals surface area contributed by atoms with E-state index in [0.29, 0.717) is 0 Å². The summed E-state index contributed by atoms with van der Waals surface area (Å²) in [7, 11) is -3.45. The fourth-order valence-corrected chi connectivity index (χ4v) is 3.10. The molecule has 5 atom stereocenters. The molecule has 0 aliphatic carbocycles. The van der Waals surface area contributed by atoms with E-state index in [2.05, 4.69) is 5.32 Å². The van der Waals surface area contributed by atoms with Gasteiger partial charge in [0.2, 0.25) is 11.7 Å². The Kier molecular flexibility index (Phi) is 5.11. The van der Waals surface area contributed by atoms with E-state index in [9.17, 15) is 23.4 Å². The Morgan fingerprint density at radius 1 is 1.45 bits per heavy atom. The summed E-state index contributed by atoms with van der Waals surface area (Å²) in [5.41, 5.74) is 0. The molecule has 9 nitrogen and oxygen atoms in total. The third kappa shape index (κ3) is 3.65. The van der Waals surface area contributed by atoms with Gasteiger partial charge in [0.25, 0.3) is 10.1 Å². The highest BCUT2D eigenvalue weighted by molar-refractivity contribution is 7.85. The Hall–Kier alpha value is -0.780. The van der Waals surface area contributed by atoms with Gasteiger partial charge in [-0.1, -0.05) is 0 Å². The van der Waals surface area contributed by atoms with Crippen molar-refractivity contribution in [3.63, 3.8) is 0 Å². The fourth-order valence-electron chi connectivity index (χ4n) is 2.23. The monoisotopic (exact) mass is 313 g/mol. The molecule has 0 aromatic carbocycles. The Morgan fingerprint density at radius 2 is 2.00 bits per heavy atom. The summed E-state index contributed by atoms with van der Waals surface area (Å²) in [6.45, 7) is 2.69. The van der Waals surface area contributed by atoms with Gasteiger partial charge in [0.1, 0.15) is 18.0 Å². The number of nitrogens with one attached hydrogen (secondary N) is 1. The third-order valence-corrected chi connectivity index (χ3v) is 3.90. The van der Waals surface area contributed by atoms with Crippen molar-refractivity contribution < 1.29 is 37.5 Å². The molecule has 20 heavy (non-hydrogen) atoms. The first-order valence-corrected chi connectivity index (χ1v) is 7.44. The first-order chi connectivity index (χ1) is 9.02. The number of amides is 1. The Bertz CT molecular complexity index is 466. The quantitative estimate of drug-likeness (QED) is 0.431. The van der Waals surface area contributed by atoms with E-state index in [1.54, 1.807) is 0 Å². The van der Waals surface area contributed by atoms with Crippen LogP contribution in [-0.4, -0.2) is 72.1 Å². The van der Waals surface area contributed by atoms with Crippen molar-refractivity contribution >= 4 is 16.0 Å². The van der Waals surface area contributed by atoms with E-state index in [1.165, 1.54) is 13.8 Å². The zero-order chi connectivity index (χ0) is 15.7. The molecule has 10 heteroatoms. The summed E-state index contributed by atoms with van der Waals surface area (Å²) in [5.74, 6) is -3.61. The van der Waals surface area contributed by atoms with E-state index in [1.807, 2.05) is 0 Å². The van der Waals surface area contributed by atoms with E-state index in [0.717, 1.165) is 7.11 Å². The van der Waals surface area contributed by atoms with E-state index in [4.69, 9.17) is 14.0 Å². The zero-order valence-electron chi connectivity index (χ0n) is 11.3. The van der Waals surface area contributed by atoms with Crippen molar-refractivity contribution in [3.8, 4) is 0 Å². The lowest BCUT2D eigenvalue weighted by atomic mass is 9.91. The molecule has 1 saturated heterocycles. The minimum Gasteiger partial charge on any atom is -0.388 e. The first kappa shape index (κ1) is 17.3. The van der Waals surface area contributed by atoms with Crippen molar-refractivity contribution in [1.29, 1.82) is 0 Å². The maximum absolute atomic E-state index is 11.0. The maximum Gasteiger partial charge on any atom is 0.270 e. The standard InChI is InChI=1S/C10H19NO8S/c1-5-7(11-6(2)12)8(13)9(14)10(18-3,19-5)4-20(15,16)17/h5,7-9,13-14H,4H2,1-3H3,(H,11,12)(H,15,16,17)/t5-,7-,8+,9-,10-/m0/s1. The number of aliphatic hydroxyl groups excluding tert-OH is 2. The van der Waals surface area contributed by atoms with Crippen molar-refractivity contribution in [2.75, 3.05) is 12.9 Å². The summed E-state index contributed by atoms with van der Waals surface area (Å²) in [5, 5.41) is 22.4. The maximum atomic E-state index is 11.0. The molecule has 1 fully saturated rings. The van der Waals surface area contributed by atoms with Crippen LogP contribution in [-0.2, 0) is 24.4 Å². The van der Waals surface area contributed by atoms with Crippen LogP contribution in [0.3, 0.4) is 0 Å². The lowest BCUT2D eigenvalue weighted by Crippen LogP contribution is -2.70. The molecule has 0 saturated carbocycles. The molecule has 0 aromatic rings. The van der Waals surface area contributed by atoms with Crippen molar-refractivity contribution in [2.24, 2.45) is 0 Å². The Labute approximate surface area is 116 Å². The predicted octanol–water partition coefficient (Wildman–Crippen LogP) is -2.14. The number of ether oxygens (including phenoxy) is 2. The lowest BCUT2D eigenvalue weighted by molar-refractivity contribution is -0.324. The molecule has 1 rings (SSSR count). The van der Waals surface area contributed by atoms with Gasteiger partial charge in [-0.3, -0.25) is 9.35 Å². The highest BCUT2D eigenvalue weighted by Crippen LogP contribution is 2.32. The fraction of sp³-hybridized carbons (Fsp3) is 0.900. The van der Waals surface area contributed by atoms with Crippen molar-refractivity contribution in [3.05, 3.63) is 0 Å². The second-order valence-corrected chi connectivity index (χ2v) is 6.18. The van der Waals surface area contributed by atoms with Crippen molar-refractivity contribution in [1.82, 2.24) is 5.32 Å².